The van der Waals surface area contributed by atoms with E-state index in [1.54, 1.807) is 36.4 Å². The number of hydrogen-bond donors (Lipinski definition) is 1. The van der Waals surface area contributed by atoms with Crippen LogP contribution in [0.2, 0.25) is 5.02 Å². The van der Waals surface area contributed by atoms with E-state index in [0.717, 1.165) is 5.56 Å². The number of amides is 2. The van der Waals surface area contributed by atoms with Gasteiger partial charge in [0.1, 0.15) is 6.54 Å². The first kappa shape index (κ1) is 19.5. The summed E-state index contributed by atoms with van der Waals surface area (Å²) in [5, 5.41) is 3.24. The molecule has 0 aromatic heterocycles. The normalized spacial score (nSPS) is 10.2. The molecule has 0 radical (unpaired) electrons. The second kappa shape index (κ2) is 8.49. The monoisotopic (exact) mass is 374 g/mol. The van der Waals surface area contributed by atoms with Gasteiger partial charge in [-0.1, -0.05) is 17.7 Å². The van der Waals surface area contributed by atoms with Crippen LogP contribution in [-0.2, 0) is 14.3 Å². The van der Waals surface area contributed by atoms with Crippen molar-refractivity contribution in [2.75, 3.05) is 23.9 Å². The summed E-state index contributed by atoms with van der Waals surface area (Å²) in [6.07, 6.45) is 0. The molecule has 0 saturated heterocycles. The number of methoxy groups -OCH3 is 1. The Balaban J connectivity index is 2.16. The van der Waals surface area contributed by atoms with Gasteiger partial charge in [-0.15, -0.1) is 0 Å². The molecule has 2 aromatic rings. The molecule has 0 saturated carbocycles. The predicted molar refractivity (Wildman–Crippen MR) is 101 cm³/mol. The van der Waals surface area contributed by atoms with E-state index in [2.05, 4.69) is 10.1 Å². The molecule has 2 rings (SSSR count). The molecule has 26 heavy (non-hydrogen) atoms. The van der Waals surface area contributed by atoms with Crippen LogP contribution in [0.25, 0.3) is 0 Å². The van der Waals surface area contributed by atoms with Crippen molar-refractivity contribution in [1.82, 2.24) is 0 Å². The zero-order valence-corrected chi connectivity index (χ0v) is 15.5. The molecule has 0 aliphatic rings. The lowest BCUT2D eigenvalue weighted by atomic mass is 10.1. The van der Waals surface area contributed by atoms with Crippen molar-refractivity contribution in [2.45, 2.75) is 13.8 Å². The van der Waals surface area contributed by atoms with Gasteiger partial charge < -0.3 is 15.0 Å². The first-order valence-electron chi connectivity index (χ1n) is 7.84. The number of aryl methyl sites for hydroxylation is 1. The van der Waals surface area contributed by atoms with Crippen LogP contribution in [0.15, 0.2) is 42.5 Å². The van der Waals surface area contributed by atoms with Crippen molar-refractivity contribution in [2.24, 2.45) is 0 Å². The summed E-state index contributed by atoms with van der Waals surface area (Å²) in [6, 6.07) is 11.5. The molecule has 2 amide bonds. The van der Waals surface area contributed by atoms with Crippen molar-refractivity contribution in [3.8, 4) is 0 Å². The minimum atomic E-state index is -0.497. The Morgan fingerprint density at radius 1 is 1.15 bits per heavy atom. The number of anilines is 2. The fourth-order valence-electron chi connectivity index (χ4n) is 2.47. The molecular weight excluding hydrogens is 356 g/mol. The van der Waals surface area contributed by atoms with Crippen LogP contribution in [-0.4, -0.2) is 31.4 Å². The van der Waals surface area contributed by atoms with Crippen LogP contribution in [0, 0.1) is 6.92 Å². The number of benzene rings is 2. The number of esters is 1. The van der Waals surface area contributed by atoms with Gasteiger partial charge in [-0.3, -0.25) is 9.59 Å². The molecule has 2 aromatic carbocycles. The second-order valence-electron chi connectivity index (χ2n) is 5.66. The Bertz CT molecular complexity index is 851. The number of ether oxygens (including phenoxy) is 1. The summed E-state index contributed by atoms with van der Waals surface area (Å²) in [5.74, 6) is -1.16. The molecule has 0 unspecified atom stereocenters. The highest BCUT2D eigenvalue weighted by molar-refractivity contribution is 6.30. The molecule has 0 atom stereocenters. The number of nitrogens with one attached hydrogen (secondary N) is 1. The van der Waals surface area contributed by atoms with Gasteiger partial charge in [0.05, 0.1) is 12.7 Å². The highest BCUT2D eigenvalue weighted by Crippen LogP contribution is 2.24. The van der Waals surface area contributed by atoms with E-state index in [1.807, 2.05) is 6.92 Å². The van der Waals surface area contributed by atoms with Crippen LogP contribution in [0.1, 0.15) is 22.8 Å². The lowest BCUT2D eigenvalue weighted by Gasteiger charge is -2.22. The van der Waals surface area contributed by atoms with Crippen molar-refractivity contribution in [3.05, 3.63) is 58.6 Å². The molecule has 0 spiro atoms. The van der Waals surface area contributed by atoms with E-state index in [0.29, 0.717) is 22.0 Å². The van der Waals surface area contributed by atoms with E-state index >= 15 is 0 Å². The topological polar surface area (TPSA) is 75.7 Å². The summed E-state index contributed by atoms with van der Waals surface area (Å²) in [6.45, 7) is 3.04. The van der Waals surface area contributed by atoms with Crippen LogP contribution in [0.5, 0.6) is 0 Å². The van der Waals surface area contributed by atoms with E-state index in [1.165, 1.54) is 25.0 Å². The molecule has 1 N–H and O–H groups in total. The Hall–Kier alpha value is -2.86. The highest BCUT2D eigenvalue weighted by Gasteiger charge is 2.18. The molecule has 0 aliphatic carbocycles. The standard InChI is InChI=1S/C19H19ClN2O4/c1-12-9-15(20)7-8-17(12)22(13(2)23)11-18(24)21-16-6-4-5-14(10-16)19(25)26-3/h4-10H,11H2,1-3H3,(H,21,24). The smallest absolute Gasteiger partial charge is 0.337 e. The lowest BCUT2D eigenvalue weighted by molar-refractivity contribution is -0.120. The maximum atomic E-state index is 12.4. The summed E-state index contributed by atoms with van der Waals surface area (Å²) in [7, 11) is 1.28. The number of nitrogens with zero attached hydrogens (tertiary/aromatic N) is 1. The van der Waals surface area contributed by atoms with Gasteiger partial charge in [0, 0.05) is 23.3 Å². The van der Waals surface area contributed by atoms with Crippen molar-refractivity contribution < 1.29 is 19.1 Å². The molecule has 0 heterocycles. The van der Waals surface area contributed by atoms with Gasteiger partial charge in [0.25, 0.3) is 0 Å². The fraction of sp³-hybridized carbons (Fsp3) is 0.211. The van der Waals surface area contributed by atoms with E-state index in [9.17, 15) is 14.4 Å². The average Bonchev–Trinajstić information content (AvgIpc) is 2.59. The molecule has 7 heteroatoms. The third-order valence-electron chi connectivity index (χ3n) is 3.70. The number of hydrogen-bond acceptors (Lipinski definition) is 4. The molecule has 0 fully saturated rings. The van der Waals surface area contributed by atoms with Gasteiger partial charge >= 0.3 is 5.97 Å². The molecular formula is C19H19ClN2O4. The number of halogens is 1. The quantitative estimate of drug-likeness (QED) is 0.813. The maximum Gasteiger partial charge on any atom is 0.337 e. The van der Waals surface area contributed by atoms with Crippen molar-refractivity contribution in [1.29, 1.82) is 0 Å². The first-order chi connectivity index (χ1) is 12.3. The van der Waals surface area contributed by atoms with Gasteiger partial charge in [-0.05, 0) is 48.9 Å². The predicted octanol–water partition coefficient (Wildman–Crippen LogP) is 3.43. The SMILES string of the molecule is COC(=O)c1cccc(NC(=O)CN(C(C)=O)c2ccc(Cl)cc2C)c1. The minimum absolute atomic E-state index is 0.166. The maximum absolute atomic E-state index is 12.4. The number of rotatable bonds is 5. The lowest BCUT2D eigenvalue weighted by Crippen LogP contribution is -2.37. The zero-order chi connectivity index (χ0) is 19.3. The van der Waals surface area contributed by atoms with Crippen LogP contribution in [0.3, 0.4) is 0 Å². The van der Waals surface area contributed by atoms with Gasteiger partial charge in [0.2, 0.25) is 11.8 Å². The van der Waals surface area contributed by atoms with Gasteiger partial charge in [-0.2, -0.15) is 0 Å². The summed E-state index contributed by atoms with van der Waals surface area (Å²) < 4.78 is 4.66. The van der Waals surface area contributed by atoms with Crippen molar-refractivity contribution in [3.63, 3.8) is 0 Å². The van der Waals surface area contributed by atoms with E-state index < -0.39 is 11.9 Å². The first-order valence-corrected chi connectivity index (χ1v) is 8.22. The summed E-state index contributed by atoms with van der Waals surface area (Å²) >= 11 is 5.95. The van der Waals surface area contributed by atoms with Crippen LogP contribution >= 0.6 is 11.6 Å². The largest absolute Gasteiger partial charge is 0.465 e. The van der Waals surface area contributed by atoms with Crippen LogP contribution in [0.4, 0.5) is 11.4 Å². The zero-order valence-electron chi connectivity index (χ0n) is 14.7. The van der Waals surface area contributed by atoms with E-state index in [-0.39, 0.29) is 12.5 Å². The van der Waals surface area contributed by atoms with Crippen molar-refractivity contribution >= 4 is 40.8 Å². The van der Waals surface area contributed by atoms with Gasteiger partial charge in [-0.25, -0.2) is 4.79 Å². The molecule has 0 aliphatic heterocycles. The summed E-state index contributed by atoms with van der Waals surface area (Å²) in [5.41, 5.74) is 2.16. The Kier molecular flexibility index (Phi) is 6.36. The van der Waals surface area contributed by atoms with Crippen LogP contribution < -0.4 is 10.2 Å². The Labute approximate surface area is 156 Å². The Morgan fingerprint density at radius 3 is 2.50 bits per heavy atom. The minimum Gasteiger partial charge on any atom is -0.465 e. The number of carbonyl (C=O) groups is 3. The average molecular weight is 375 g/mol. The van der Waals surface area contributed by atoms with E-state index in [4.69, 9.17) is 11.6 Å². The molecule has 136 valence electrons. The summed E-state index contributed by atoms with van der Waals surface area (Å²) in [4.78, 5) is 37.3. The highest BCUT2D eigenvalue weighted by atomic mass is 35.5. The fourth-order valence-corrected chi connectivity index (χ4v) is 2.70. The molecule has 0 bridgehead atoms. The third kappa shape index (κ3) is 4.83. The molecule has 6 nitrogen and oxygen atoms in total. The second-order valence-corrected chi connectivity index (χ2v) is 6.09. The Morgan fingerprint density at radius 2 is 1.88 bits per heavy atom. The number of carbonyl (C=O) groups excluding carboxylic acids is 3. The third-order valence-corrected chi connectivity index (χ3v) is 3.93. The van der Waals surface area contributed by atoms with Gasteiger partial charge in [0.15, 0.2) is 0 Å².